The number of hydrogen-bond acceptors (Lipinski definition) is 3. The molecule has 1 aromatic rings. The summed E-state index contributed by atoms with van der Waals surface area (Å²) in [6.07, 6.45) is 3.59. The Morgan fingerprint density at radius 2 is 2.26 bits per heavy atom. The van der Waals surface area contributed by atoms with Crippen molar-refractivity contribution in [2.24, 2.45) is 5.92 Å². The number of aromatic carboxylic acids is 1. The predicted octanol–water partition coefficient (Wildman–Crippen LogP) is 4.10. The van der Waals surface area contributed by atoms with Crippen molar-refractivity contribution in [3.63, 3.8) is 0 Å². The van der Waals surface area contributed by atoms with Crippen LogP contribution in [0.5, 0.6) is 0 Å². The zero-order chi connectivity index (χ0) is 13.8. The summed E-state index contributed by atoms with van der Waals surface area (Å²) < 4.78 is 0. The fourth-order valence-corrected chi connectivity index (χ4v) is 3.29. The Hall–Kier alpha value is -1.16. The van der Waals surface area contributed by atoms with Gasteiger partial charge in [-0.25, -0.2) is 4.79 Å². The van der Waals surface area contributed by atoms with E-state index in [2.05, 4.69) is 12.2 Å². The van der Waals surface area contributed by atoms with E-state index >= 15 is 0 Å². The molecule has 0 heterocycles. The second kappa shape index (κ2) is 6.33. The van der Waals surface area contributed by atoms with E-state index in [-0.39, 0.29) is 0 Å². The highest BCUT2D eigenvalue weighted by Crippen LogP contribution is 2.39. The van der Waals surface area contributed by atoms with Crippen molar-refractivity contribution in [3.05, 3.63) is 23.8 Å². The molecule has 1 aliphatic carbocycles. The standard InChI is InChI=1S/C15H21NO2S/c1-3-6-10-9-12(10)16-11-7-5-8-13(19-4-2)14(11)15(17)18/h5,7-8,10,12,16H,3-4,6,9H2,1-2H3,(H,17,18). The Kier molecular flexibility index (Phi) is 4.75. The van der Waals surface area contributed by atoms with Crippen molar-refractivity contribution in [1.29, 1.82) is 0 Å². The summed E-state index contributed by atoms with van der Waals surface area (Å²) in [7, 11) is 0. The van der Waals surface area contributed by atoms with Gasteiger partial charge in [0.1, 0.15) is 0 Å². The average Bonchev–Trinajstić information content (AvgIpc) is 3.08. The molecule has 2 rings (SSSR count). The first-order valence-corrected chi connectivity index (χ1v) is 7.91. The van der Waals surface area contributed by atoms with Crippen LogP contribution in [-0.4, -0.2) is 22.9 Å². The van der Waals surface area contributed by atoms with Gasteiger partial charge < -0.3 is 10.4 Å². The number of benzene rings is 1. The summed E-state index contributed by atoms with van der Waals surface area (Å²) in [6.45, 7) is 4.23. The van der Waals surface area contributed by atoms with Crippen molar-refractivity contribution in [1.82, 2.24) is 0 Å². The molecular formula is C15H21NO2S. The van der Waals surface area contributed by atoms with Crippen LogP contribution in [-0.2, 0) is 0 Å². The molecule has 1 fully saturated rings. The van der Waals surface area contributed by atoms with Gasteiger partial charge in [0.05, 0.1) is 11.3 Å². The fourth-order valence-electron chi connectivity index (χ4n) is 2.46. The van der Waals surface area contributed by atoms with Gasteiger partial charge in [0, 0.05) is 10.9 Å². The van der Waals surface area contributed by atoms with Gasteiger partial charge in [0.2, 0.25) is 0 Å². The van der Waals surface area contributed by atoms with Crippen LogP contribution in [0.4, 0.5) is 5.69 Å². The van der Waals surface area contributed by atoms with Gasteiger partial charge in [0.15, 0.2) is 0 Å². The lowest BCUT2D eigenvalue weighted by molar-refractivity contribution is 0.0694. The molecule has 2 unspecified atom stereocenters. The number of nitrogens with one attached hydrogen (secondary N) is 1. The van der Waals surface area contributed by atoms with E-state index in [1.165, 1.54) is 12.8 Å². The van der Waals surface area contributed by atoms with Gasteiger partial charge >= 0.3 is 5.97 Å². The zero-order valence-corrected chi connectivity index (χ0v) is 12.3. The molecule has 3 nitrogen and oxygen atoms in total. The van der Waals surface area contributed by atoms with Crippen molar-refractivity contribution >= 4 is 23.4 Å². The van der Waals surface area contributed by atoms with Crippen LogP contribution >= 0.6 is 11.8 Å². The number of carbonyl (C=O) groups is 1. The number of anilines is 1. The number of hydrogen-bond donors (Lipinski definition) is 2. The summed E-state index contributed by atoms with van der Waals surface area (Å²) in [5.41, 5.74) is 1.20. The summed E-state index contributed by atoms with van der Waals surface area (Å²) in [5.74, 6) is 0.756. The number of carboxylic acid groups (broad SMARTS) is 1. The molecule has 19 heavy (non-hydrogen) atoms. The molecule has 0 spiro atoms. The highest BCUT2D eigenvalue weighted by molar-refractivity contribution is 7.99. The van der Waals surface area contributed by atoms with Gasteiger partial charge in [0.25, 0.3) is 0 Å². The molecule has 1 aliphatic rings. The maximum Gasteiger partial charge on any atom is 0.338 e. The minimum absolute atomic E-state index is 0.427. The Balaban J connectivity index is 2.15. The van der Waals surface area contributed by atoms with Gasteiger partial charge in [-0.2, -0.15) is 0 Å². The molecule has 1 aromatic carbocycles. The van der Waals surface area contributed by atoms with E-state index in [0.29, 0.717) is 17.5 Å². The van der Waals surface area contributed by atoms with Crippen LogP contribution in [0.15, 0.2) is 23.1 Å². The normalized spacial score (nSPS) is 21.2. The monoisotopic (exact) mass is 279 g/mol. The second-order valence-corrected chi connectivity index (χ2v) is 6.26. The Bertz CT molecular complexity index is 461. The topological polar surface area (TPSA) is 49.3 Å². The SMILES string of the molecule is CCCC1CC1Nc1cccc(SCC)c1C(=O)O. The van der Waals surface area contributed by atoms with Crippen LogP contribution in [0.3, 0.4) is 0 Å². The van der Waals surface area contributed by atoms with Crippen molar-refractivity contribution in [3.8, 4) is 0 Å². The number of rotatable bonds is 7. The lowest BCUT2D eigenvalue weighted by atomic mass is 10.1. The first-order chi connectivity index (χ1) is 9.17. The molecule has 0 amide bonds. The highest BCUT2D eigenvalue weighted by atomic mass is 32.2. The molecular weight excluding hydrogens is 258 g/mol. The molecule has 0 aromatic heterocycles. The van der Waals surface area contributed by atoms with Crippen LogP contribution in [0.1, 0.15) is 43.5 Å². The third-order valence-corrected chi connectivity index (χ3v) is 4.40. The van der Waals surface area contributed by atoms with E-state index in [1.54, 1.807) is 11.8 Å². The molecule has 0 saturated heterocycles. The third-order valence-electron chi connectivity index (χ3n) is 3.46. The summed E-state index contributed by atoms with van der Waals surface area (Å²) >= 11 is 1.58. The molecule has 0 radical (unpaired) electrons. The van der Waals surface area contributed by atoms with Crippen molar-refractivity contribution in [2.45, 2.75) is 44.0 Å². The third kappa shape index (κ3) is 3.44. The quantitative estimate of drug-likeness (QED) is 0.738. The summed E-state index contributed by atoms with van der Waals surface area (Å²) in [5, 5.41) is 12.8. The smallest absolute Gasteiger partial charge is 0.338 e. The van der Waals surface area contributed by atoms with E-state index in [0.717, 1.165) is 22.8 Å². The van der Waals surface area contributed by atoms with Gasteiger partial charge in [-0.1, -0.05) is 26.3 Å². The summed E-state index contributed by atoms with van der Waals surface area (Å²) in [4.78, 5) is 12.3. The second-order valence-electron chi connectivity index (χ2n) is 4.95. The lowest BCUT2D eigenvalue weighted by Crippen LogP contribution is -2.10. The van der Waals surface area contributed by atoms with Crippen molar-refractivity contribution in [2.75, 3.05) is 11.1 Å². The summed E-state index contributed by atoms with van der Waals surface area (Å²) in [6, 6.07) is 6.16. The molecule has 104 valence electrons. The van der Waals surface area contributed by atoms with Crippen LogP contribution < -0.4 is 5.32 Å². The molecule has 1 saturated carbocycles. The van der Waals surface area contributed by atoms with Gasteiger partial charge in [-0.05, 0) is 36.6 Å². The average molecular weight is 279 g/mol. The minimum Gasteiger partial charge on any atom is -0.478 e. The molecule has 0 bridgehead atoms. The van der Waals surface area contributed by atoms with Gasteiger partial charge in [-0.3, -0.25) is 0 Å². The van der Waals surface area contributed by atoms with E-state index in [1.807, 2.05) is 25.1 Å². The molecule has 0 aliphatic heterocycles. The zero-order valence-electron chi connectivity index (χ0n) is 11.5. The minimum atomic E-state index is -0.841. The largest absolute Gasteiger partial charge is 0.478 e. The van der Waals surface area contributed by atoms with Crippen LogP contribution in [0, 0.1) is 5.92 Å². The lowest BCUT2D eigenvalue weighted by Gasteiger charge is -2.12. The van der Waals surface area contributed by atoms with Crippen molar-refractivity contribution < 1.29 is 9.90 Å². The Morgan fingerprint density at radius 1 is 1.47 bits per heavy atom. The molecule has 2 atom stereocenters. The predicted molar refractivity (Wildman–Crippen MR) is 80.2 cm³/mol. The number of carboxylic acids is 1. The maximum absolute atomic E-state index is 11.5. The van der Waals surface area contributed by atoms with Gasteiger partial charge in [-0.15, -0.1) is 11.8 Å². The van der Waals surface area contributed by atoms with E-state index < -0.39 is 5.97 Å². The van der Waals surface area contributed by atoms with E-state index in [9.17, 15) is 9.90 Å². The maximum atomic E-state index is 11.5. The Morgan fingerprint density at radius 3 is 2.89 bits per heavy atom. The molecule has 4 heteroatoms. The van der Waals surface area contributed by atoms with Crippen LogP contribution in [0.2, 0.25) is 0 Å². The fraction of sp³-hybridized carbons (Fsp3) is 0.533. The highest BCUT2D eigenvalue weighted by Gasteiger charge is 2.36. The van der Waals surface area contributed by atoms with E-state index in [4.69, 9.17) is 0 Å². The first-order valence-electron chi connectivity index (χ1n) is 6.93. The Labute approximate surface area is 118 Å². The number of thioether (sulfide) groups is 1. The molecule has 2 N–H and O–H groups in total. The first kappa shape index (κ1) is 14.3. The van der Waals surface area contributed by atoms with Crippen LogP contribution in [0.25, 0.3) is 0 Å².